The molecule has 1 aromatic carbocycles. The number of hydrogen-bond acceptors (Lipinski definition) is 7. The van der Waals surface area contributed by atoms with Crippen LogP contribution in [0, 0.1) is 11.6 Å². The van der Waals surface area contributed by atoms with Crippen molar-refractivity contribution in [2.75, 3.05) is 54.9 Å². The predicted molar refractivity (Wildman–Crippen MR) is 136 cm³/mol. The molecular weight excluding hydrogens is 466 g/mol. The van der Waals surface area contributed by atoms with Crippen LogP contribution in [-0.4, -0.2) is 61.2 Å². The maximum atomic E-state index is 15.4. The zero-order chi connectivity index (χ0) is 25.2. The van der Waals surface area contributed by atoms with Crippen molar-refractivity contribution >= 4 is 28.9 Å². The highest BCUT2D eigenvalue weighted by Crippen LogP contribution is 2.33. The quantitative estimate of drug-likeness (QED) is 0.504. The second-order valence-corrected chi connectivity index (χ2v) is 9.17. The van der Waals surface area contributed by atoms with Crippen LogP contribution in [0.5, 0.6) is 0 Å². The van der Waals surface area contributed by atoms with Crippen molar-refractivity contribution < 1.29 is 18.3 Å². The molecule has 4 heterocycles. The van der Waals surface area contributed by atoms with Crippen LogP contribution in [-0.2, 0) is 11.3 Å². The summed E-state index contributed by atoms with van der Waals surface area (Å²) in [5.41, 5.74) is 2.12. The van der Waals surface area contributed by atoms with Gasteiger partial charge in [-0.2, -0.15) is 0 Å². The van der Waals surface area contributed by atoms with Gasteiger partial charge in [0, 0.05) is 55.7 Å². The molecule has 8 nitrogen and oxygen atoms in total. The number of aromatic nitrogens is 1. The van der Waals surface area contributed by atoms with Crippen LogP contribution >= 0.6 is 0 Å². The van der Waals surface area contributed by atoms with Gasteiger partial charge in [0.25, 0.3) is 5.91 Å². The molecule has 1 amide bonds. The SMILES string of the molecule is C=CC(=C)N1CCCC(Nc2nc(Nc3ccc(N4CCOCC4)c(F)c3)c3c(c2F)CNC3=O)C1. The number of amides is 1. The summed E-state index contributed by atoms with van der Waals surface area (Å²) < 4.78 is 35.7. The van der Waals surface area contributed by atoms with Crippen molar-refractivity contribution in [3.63, 3.8) is 0 Å². The fraction of sp³-hybridized carbons (Fsp3) is 0.385. The number of rotatable bonds is 7. The van der Waals surface area contributed by atoms with Gasteiger partial charge in [-0.25, -0.2) is 13.8 Å². The third-order valence-electron chi connectivity index (χ3n) is 6.85. The molecule has 1 aromatic heterocycles. The number of fused-ring (bicyclic) bond motifs is 1. The fourth-order valence-corrected chi connectivity index (χ4v) is 4.93. The lowest BCUT2D eigenvalue weighted by Crippen LogP contribution is -2.41. The van der Waals surface area contributed by atoms with Crippen molar-refractivity contribution in [3.8, 4) is 0 Å². The van der Waals surface area contributed by atoms with E-state index in [1.165, 1.54) is 6.07 Å². The van der Waals surface area contributed by atoms with Gasteiger partial charge in [-0.3, -0.25) is 4.79 Å². The second kappa shape index (κ2) is 10.1. The molecule has 0 aliphatic carbocycles. The van der Waals surface area contributed by atoms with Crippen molar-refractivity contribution in [1.82, 2.24) is 15.2 Å². The average Bonchev–Trinajstić information content (AvgIpc) is 3.29. The minimum Gasteiger partial charge on any atom is -0.378 e. The lowest BCUT2D eigenvalue weighted by atomic mass is 10.0. The van der Waals surface area contributed by atoms with E-state index in [4.69, 9.17) is 4.74 Å². The number of nitrogens with zero attached hydrogens (tertiary/aromatic N) is 3. The van der Waals surface area contributed by atoms with Crippen molar-refractivity contribution in [2.24, 2.45) is 0 Å². The summed E-state index contributed by atoms with van der Waals surface area (Å²) in [6.45, 7) is 11.7. The van der Waals surface area contributed by atoms with Crippen LogP contribution in [0.15, 0.2) is 43.1 Å². The largest absolute Gasteiger partial charge is 0.378 e. The second-order valence-electron chi connectivity index (χ2n) is 9.17. The van der Waals surface area contributed by atoms with E-state index in [9.17, 15) is 9.18 Å². The van der Waals surface area contributed by atoms with E-state index in [-0.39, 0.29) is 35.3 Å². The van der Waals surface area contributed by atoms with E-state index >= 15 is 4.39 Å². The molecule has 2 aromatic rings. The number of morpholine rings is 1. The Bertz CT molecular complexity index is 1200. The minimum atomic E-state index is -0.553. The molecule has 2 saturated heterocycles. The maximum Gasteiger partial charge on any atom is 0.255 e. The molecule has 1 atom stereocenters. The minimum absolute atomic E-state index is 0.0568. The molecule has 3 aliphatic rings. The summed E-state index contributed by atoms with van der Waals surface area (Å²) in [6.07, 6.45) is 3.46. The van der Waals surface area contributed by atoms with Crippen LogP contribution in [0.2, 0.25) is 0 Å². The molecule has 0 saturated carbocycles. The highest BCUT2D eigenvalue weighted by Gasteiger charge is 2.31. The molecule has 0 radical (unpaired) electrons. The molecule has 0 bridgehead atoms. The van der Waals surface area contributed by atoms with Gasteiger partial charge in [-0.15, -0.1) is 0 Å². The number of hydrogen-bond donors (Lipinski definition) is 3. The summed E-state index contributed by atoms with van der Waals surface area (Å²) in [5, 5.41) is 8.93. The Balaban J connectivity index is 1.41. The number of benzene rings is 1. The topological polar surface area (TPSA) is 81.8 Å². The van der Waals surface area contributed by atoms with Crippen LogP contribution in [0.3, 0.4) is 0 Å². The number of piperidine rings is 1. The lowest BCUT2D eigenvalue weighted by Gasteiger charge is -2.35. The normalized spacial score (nSPS) is 19.5. The summed E-state index contributed by atoms with van der Waals surface area (Å²) in [4.78, 5) is 21.0. The van der Waals surface area contributed by atoms with Crippen molar-refractivity contribution in [3.05, 3.63) is 65.9 Å². The number of carbonyl (C=O) groups is 1. The first-order valence-electron chi connectivity index (χ1n) is 12.2. The van der Waals surface area contributed by atoms with Gasteiger partial charge in [0.1, 0.15) is 11.6 Å². The first-order chi connectivity index (χ1) is 17.4. The van der Waals surface area contributed by atoms with E-state index in [0.717, 1.165) is 25.1 Å². The van der Waals surface area contributed by atoms with Gasteiger partial charge in [-0.05, 0) is 37.1 Å². The molecule has 2 fully saturated rings. The fourth-order valence-electron chi connectivity index (χ4n) is 4.93. The predicted octanol–water partition coefficient (Wildman–Crippen LogP) is 3.76. The number of pyridine rings is 1. The first-order valence-corrected chi connectivity index (χ1v) is 12.2. The van der Waals surface area contributed by atoms with Gasteiger partial charge >= 0.3 is 0 Å². The van der Waals surface area contributed by atoms with Crippen LogP contribution in [0.1, 0.15) is 28.8 Å². The van der Waals surface area contributed by atoms with Gasteiger partial charge in [0.05, 0.1) is 24.5 Å². The van der Waals surface area contributed by atoms with Crippen molar-refractivity contribution in [2.45, 2.75) is 25.4 Å². The van der Waals surface area contributed by atoms with E-state index < -0.39 is 17.5 Å². The summed E-state index contributed by atoms with van der Waals surface area (Å²) in [6, 6.07) is 4.72. The smallest absolute Gasteiger partial charge is 0.255 e. The Hall–Kier alpha value is -3.66. The molecule has 5 rings (SSSR count). The molecule has 36 heavy (non-hydrogen) atoms. The number of nitrogens with one attached hydrogen (secondary N) is 3. The molecule has 10 heteroatoms. The van der Waals surface area contributed by atoms with E-state index in [1.807, 2.05) is 4.90 Å². The Labute approximate surface area is 209 Å². The van der Waals surface area contributed by atoms with Gasteiger partial charge in [0.15, 0.2) is 11.6 Å². The van der Waals surface area contributed by atoms with Crippen LogP contribution in [0.25, 0.3) is 0 Å². The summed E-state index contributed by atoms with van der Waals surface area (Å²) in [7, 11) is 0. The Morgan fingerprint density at radius 1 is 1.22 bits per heavy atom. The van der Waals surface area contributed by atoms with E-state index in [1.54, 1.807) is 18.2 Å². The third kappa shape index (κ3) is 4.73. The number of ether oxygens (including phenoxy) is 1. The zero-order valence-electron chi connectivity index (χ0n) is 20.1. The van der Waals surface area contributed by atoms with Gasteiger partial charge in [-0.1, -0.05) is 13.2 Å². The number of allylic oxidation sites excluding steroid dienone is 1. The number of carbonyl (C=O) groups excluding carboxylic acids is 1. The number of halogens is 2. The Morgan fingerprint density at radius 2 is 2.03 bits per heavy atom. The van der Waals surface area contributed by atoms with E-state index in [2.05, 4.69) is 39.0 Å². The molecular formula is C26H30F2N6O2. The lowest BCUT2D eigenvalue weighted by molar-refractivity contribution is 0.0966. The zero-order valence-corrected chi connectivity index (χ0v) is 20.1. The van der Waals surface area contributed by atoms with E-state index in [0.29, 0.717) is 44.2 Å². The Morgan fingerprint density at radius 3 is 2.78 bits per heavy atom. The summed E-state index contributed by atoms with van der Waals surface area (Å²) in [5.74, 6) is -1.11. The first kappa shape index (κ1) is 24.1. The van der Waals surface area contributed by atoms with Gasteiger partial charge in [0.2, 0.25) is 0 Å². The monoisotopic (exact) mass is 496 g/mol. The standard InChI is InChI=1S/C26H30F2N6O2/c1-3-16(2)34-8-4-5-18(15-34)31-25-23(28)19-14-29-26(35)22(19)24(32-25)30-17-6-7-21(20(27)13-17)33-9-11-36-12-10-33/h3,6-7,13,18H,1-2,4-5,8-12,14-15H2,(H,29,35)(H2,30,31,32). The molecule has 3 N–H and O–H groups in total. The summed E-state index contributed by atoms with van der Waals surface area (Å²) >= 11 is 0. The maximum absolute atomic E-state index is 15.4. The van der Waals surface area contributed by atoms with Gasteiger partial charge < -0.3 is 30.5 Å². The highest BCUT2D eigenvalue weighted by atomic mass is 19.1. The van der Waals surface area contributed by atoms with Crippen LogP contribution < -0.4 is 20.9 Å². The highest BCUT2D eigenvalue weighted by molar-refractivity contribution is 6.03. The van der Waals surface area contributed by atoms with Crippen molar-refractivity contribution in [1.29, 1.82) is 0 Å². The number of likely N-dealkylation sites (tertiary alicyclic amines) is 1. The Kier molecular flexibility index (Phi) is 6.77. The molecule has 190 valence electrons. The molecule has 1 unspecified atom stereocenters. The number of anilines is 4. The van der Waals surface area contributed by atoms with Crippen LogP contribution in [0.4, 0.5) is 31.8 Å². The molecule has 3 aliphatic heterocycles. The third-order valence-corrected chi connectivity index (χ3v) is 6.85. The molecule has 0 spiro atoms. The average molecular weight is 497 g/mol.